The summed E-state index contributed by atoms with van der Waals surface area (Å²) in [5.41, 5.74) is -0.381. The molecule has 0 aromatic rings. The minimum absolute atomic E-state index is 0. The molecule has 0 unspecified atom stereocenters. The van der Waals surface area contributed by atoms with Crippen LogP contribution < -0.4 is 16.0 Å². The number of hydrogen-bond acceptors (Lipinski definition) is 3. The minimum Gasteiger partial charge on any atom is -0.357 e. The number of hydrogen-bond donors (Lipinski definition) is 3. The van der Waals surface area contributed by atoms with Gasteiger partial charge < -0.3 is 20.9 Å². The number of amides is 2. The average molecular weight is 495 g/mol. The summed E-state index contributed by atoms with van der Waals surface area (Å²) in [4.78, 5) is 30.4. The Morgan fingerprint density at radius 2 is 1.74 bits per heavy atom. The zero-order valence-corrected chi connectivity index (χ0v) is 20.1. The van der Waals surface area contributed by atoms with Crippen molar-refractivity contribution in [2.24, 2.45) is 16.3 Å². The first-order chi connectivity index (χ1) is 12.1. The maximum absolute atomic E-state index is 12.1. The largest absolute Gasteiger partial charge is 0.357 e. The number of carbonyl (C=O) groups excluding carboxylic acids is 2. The van der Waals surface area contributed by atoms with E-state index in [9.17, 15) is 9.59 Å². The van der Waals surface area contributed by atoms with Gasteiger partial charge in [-0.15, -0.1) is 24.0 Å². The first kappa shape index (κ1) is 25.9. The van der Waals surface area contributed by atoms with Gasteiger partial charge in [0.05, 0.1) is 6.54 Å². The molecule has 0 aliphatic carbocycles. The number of piperidine rings is 1. The van der Waals surface area contributed by atoms with Crippen LogP contribution in [-0.2, 0) is 9.59 Å². The highest BCUT2D eigenvalue weighted by Crippen LogP contribution is 2.13. The van der Waals surface area contributed by atoms with Crippen molar-refractivity contribution in [3.8, 4) is 0 Å². The van der Waals surface area contributed by atoms with Crippen LogP contribution in [0.5, 0.6) is 0 Å². The van der Waals surface area contributed by atoms with Gasteiger partial charge in [-0.2, -0.15) is 0 Å². The summed E-state index contributed by atoms with van der Waals surface area (Å²) >= 11 is 0. The lowest BCUT2D eigenvalue weighted by Crippen LogP contribution is -2.50. The van der Waals surface area contributed by atoms with Crippen molar-refractivity contribution in [2.45, 2.75) is 60.4 Å². The van der Waals surface area contributed by atoms with Crippen molar-refractivity contribution >= 4 is 41.8 Å². The fourth-order valence-electron chi connectivity index (χ4n) is 2.73. The first-order valence-corrected chi connectivity index (χ1v) is 9.77. The Balaban J connectivity index is 0.00000676. The lowest BCUT2D eigenvalue weighted by Gasteiger charge is -2.34. The molecule has 1 saturated heterocycles. The molecule has 0 radical (unpaired) electrons. The van der Waals surface area contributed by atoms with Gasteiger partial charge in [-0.1, -0.05) is 34.6 Å². The molecule has 3 N–H and O–H groups in total. The van der Waals surface area contributed by atoms with Crippen LogP contribution in [0.2, 0.25) is 0 Å². The summed E-state index contributed by atoms with van der Waals surface area (Å²) in [6, 6.07) is 0.313. The van der Waals surface area contributed by atoms with Crippen molar-refractivity contribution in [3.63, 3.8) is 0 Å². The Bertz CT molecular complexity index is 495. The Morgan fingerprint density at radius 1 is 1.15 bits per heavy atom. The quantitative estimate of drug-likeness (QED) is 0.228. The number of likely N-dealkylation sites (tertiary alicyclic amines) is 1. The van der Waals surface area contributed by atoms with E-state index in [1.165, 1.54) is 0 Å². The smallest absolute Gasteiger partial charge is 0.225 e. The maximum Gasteiger partial charge on any atom is 0.225 e. The summed E-state index contributed by atoms with van der Waals surface area (Å²) in [7, 11) is 0. The maximum atomic E-state index is 12.1. The van der Waals surface area contributed by atoms with Crippen molar-refractivity contribution in [2.75, 3.05) is 32.7 Å². The fraction of sp³-hybridized carbons (Fsp3) is 0.842. The molecule has 1 rings (SSSR count). The number of nitrogens with zero attached hydrogens (tertiary/aromatic N) is 2. The molecule has 8 heteroatoms. The molecule has 158 valence electrons. The molecule has 0 bridgehead atoms. The molecule has 1 fully saturated rings. The van der Waals surface area contributed by atoms with E-state index < -0.39 is 0 Å². The number of rotatable bonds is 6. The molecule has 27 heavy (non-hydrogen) atoms. The van der Waals surface area contributed by atoms with Gasteiger partial charge >= 0.3 is 0 Å². The molecular formula is C19H38IN5O2. The third-order valence-electron chi connectivity index (χ3n) is 4.33. The lowest BCUT2D eigenvalue weighted by molar-refractivity contribution is -0.135. The molecule has 0 spiro atoms. The average Bonchev–Trinajstić information content (AvgIpc) is 2.57. The number of nitrogens with one attached hydrogen (secondary N) is 3. The van der Waals surface area contributed by atoms with E-state index in [2.05, 4.69) is 20.9 Å². The Labute approximate surface area is 181 Å². The lowest BCUT2D eigenvalue weighted by atomic mass is 9.96. The SMILES string of the molecule is CCNC(=NCCNC(=O)C(C)(C)C)NC1CCN(C(=O)C(C)C)CC1.I. The van der Waals surface area contributed by atoms with Gasteiger partial charge in [0.25, 0.3) is 0 Å². The van der Waals surface area contributed by atoms with E-state index in [0.717, 1.165) is 38.4 Å². The van der Waals surface area contributed by atoms with Gasteiger partial charge in [0.2, 0.25) is 11.8 Å². The van der Waals surface area contributed by atoms with Crippen molar-refractivity contribution in [3.05, 3.63) is 0 Å². The third kappa shape index (κ3) is 9.62. The monoisotopic (exact) mass is 495 g/mol. The Kier molecular flexibility index (Phi) is 11.9. The second-order valence-electron chi connectivity index (χ2n) is 8.17. The van der Waals surface area contributed by atoms with Gasteiger partial charge in [-0.05, 0) is 19.8 Å². The number of halogens is 1. The van der Waals surface area contributed by atoms with Gasteiger partial charge in [0, 0.05) is 43.6 Å². The number of carbonyl (C=O) groups is 2. The molecule has 1 aliphatic rings. The predicted molar refractivity (Wildman–Crippen MR) is 121 cm³/mol. The molecule has 1 heterocycles. The topological polar surface area (TPSA) is 85.8 Å². The summed E-state index contributed by atoms with van der Waals surface area (Å²) < 4.78 is 0. The molecule has 1 aliphatic heterocycles. The van der Waals surface area contributed by atoms with E-state index in [0.29, 0.717) is 19.1 Å². The second-order valence-corrected chi connectivity index (χ2v) is 8.17. The molecule has 0 saturated carbocycles. The van der Waals surface area contributed by atoms with Crippen LogP contribution in [0.4, 0.5) is 0 Å². The summed E-state index contributed by atoms with van der Waals surface area (Å²) in [5, 5.41) is 9.61. The van der Waals surface area contributed by atoms with Gasteiger partial charge in [-0.25, -0.2) is 0 Å². The van der Waals surface area contributed by atoms with Crippen molar-refractivity contribution < 1.29 is 9.59 Å². The molecule has 7 nitrogen and oxygen atoms in total. The van der Waals surface area contributed by atoms with Crippen LogP contribution >= 0.6 is 24.0 Å². The molecule has 0 aromatic heterocycles. The van der Waals surface area contributed by atoms with Crippen LogP contribution in [-0.4, -0.2) is 61.4 Å². The number of aliphatic imine (C=N–C) groups is 1. The molecule has 0 aromatic carbocycles. The van der Waals surface area contributed by atoms with E-state index in [4.69, 9.17) is 0 Å². The fourth-order valence-corrected chi connectivity index (χ4v) is 2.73. The normalized spacial score (nSPS) is 16.0. The van der Waals surface area contributed by atoms with Crippen LogP contribution in [0.1, 0.15) is 54.4 Å². The second kappa shape index (κ2) is 12.4. The van der Waals surface area contributed by atoms with Gasteiger partial charge in [0.15, 0.2) is 5.96 Å². The standard InChI is InChI=1S/C19H37N5O2.HI/c1-7-20-18(22-11-10-21-17(26)19(4,5)6)23-15-8-12-24(13-9-15)16(25)14(2)3;/h14-15H,7-13H2,1-6H3,(H,21,26)(H2,20,22,23);1H. The van der Waals surface area contributed by atoms with Crippen LogP contribution in [0, 0.1) is 11.3 Å². The highest BCUT2D eigenvalue weighted by atomic mass is 127. The zero-order chi connectivity index (χ0) is 19.7. The van der Waals surface area contributed by atoms with Crippen molar-refractivity contribution in [1.82, 2.24) is 20.9 Å². The number of guanidine groups is 1. The van der Waals surface area contributed by atoms with Crippen LogP contribution in [0.3, 0.4) is 0 Å². The molecule has 2 amide bonds. The highest BCUT2D eigenvalue weighted by Gasteiger charge is 2.24. The van der Waals surface area contributed by atoms with Crippen LogP contribution in [0.15, 0.2) is 4.99 Å². The summed E-state index contributed by atoms with van der Waals surface area (Å²) in [6.07, 6.45) is 1.84. The van der Waals surface area contributed by atoms with Crippen molar-refractivity contribution in [1.29, 1.82) is 0 Å². The highest BCUT2D eigenvalue weighted by molar-refractivity contribution is 14.0. The van der Waals surface area contributed by atoms with E-state index >= 15 is 0 Å². The van der Waals surface area contributed by atoms with Gasteiger partial charge in [-0.3, -0.25) is 14.6 Å². The van der Waals surface area contributed by atoms with E-state index in [1.54, 1.807) is 0 Å². The predicted octanol–water partition coefficient (Wildman–Crippen LogP) is 1.97. The minimum atomic E-state index is -0.381. The zero-order valence-electron chi connectivity index (χ0n) is 17.7. The molecular weight excluding hydrogens is 457 g/mol. The molecule has 0 atom stereocenters. The van der Waals surface area contributed by atoms with Crippen LogP contribution in [0.25, 0.3) is 0 Å². The third-order valence-corrected chi connectivity index (χ3v) is 4.33. The van der Waals surface area contributed by atoms with E-state index in [1.807, 2.05) is 46.4 Å². The van der Waals surface area contributed by atoms with Gasteiger partial charge in [0.1, 0.15) is 0 Å². The van der Waals surface area contributed by atoms with E-state index in [-0.39, 0.29) is 47.1 Å². The first-order valence-electron chi connectivity index (χ1n) is 9.77. The summed E-state index contributed by atoms with van der Waals surface area (Å²) in [5.74, 6) is 1.10. The summed E-state index contributed by atoms with van der Waals surface area (Å²) in [6.45, 7) is 15.0. The Hall–Kier alpha value is -1.06. The Morgan fingerprint density at radius 3 is 2.22 bits per heavy atom.